The van der Waals surface area contributed by atoms with Crippen LogP contribution in [0.25, 0.3) is 0 Å². The summed E-state index contributed by atoms with van der Waals surface area (Å²) in [5.41, 5.74) is 7.90. The lowest BCUT2D eigenvalue weighted by Gasteiger charge is -2.35. The zero-order valence-electron chi connectivity index (χ0n) is 11.7. The Kier molecular flexibility index (Phi) is 3.56. The van der Waals surface area contributed by atoms with Gasteiger partial charge in [-0.05, 0) is 18.2 Å². The highest BCUT2D eigenvalue weighted by atomic mass is 15.3. The van der Waals surface area contributed by atoms with Crippen LogP contribution in [0.3, 0.4) is 0 Å². The maximum absolute atomic E-state index is 5.62. The van der Waals surface area contributed by atoms with Crippen LogP contribution < -0.4 is 10.6 Å². The van der Waals surface area contributed by atoms with Gasteiger partial charge in [-0.15, -0.1) is 0 Å². The van der Waals surface area contributed by atoms with Crippen molar-refractivity contribution in [2.24, 2.45) is 7.05 Å². The Hall–Kier alpha value is -2.08. The highest BCUT2D eigenvalue weighted by Crippen LogP contribution is 2.16. The van der Waals surface area contributed by atoms with Crippen molar-refractivity contribution >= 4 is 11.5 Å². The molecule has 2 aromatic rings. The van der Waals surface area contributed by atoms with Crippen LogP contribution in [0.1, 0.15) is 5.69 Å². The molecule has 1 fully saturated rings. The third-order valence-corrected chi connectivity index (χ3v) is 3.66. The molecule has 0 aliphatic carbocycles. The standard InChI is InChI=1S/C14H20N6/c1-18-5-4-12(17-18)11-19-6-8-20(9-7-19)13-2-3-14(15)16-10-13/h2-5,10H,6-9,11H2,1H3,(H2,15,16). The monoisotopic (exact) mass is 272 g/mol. The summed E-state index contributed by atoms with van der Waals surface area (Å²) in [6.45, 7) is 5.04. The Labute approximate surface area is 118 Å². The summed E-state index contributed by atoms with van der Waals surface area (Å²) in [7, 11) is 1.95. The molecule has 0 bridgehead atoms. The highest BCUT2D eigenvalue weighted by molar-refractivity contribution is 5.48. The number of nitrogens with zero attached hydrogens (tertiary/aromatic N) is 5. The molecule has 0 amide bonds. The van der Waals surface area contributed by atoms with Gasteiger partial charge in [0, 0.05) is 46.0 Å². The van der Waals surface area contributed by atoms with Crippen molar-refractivity contribution in [1.29, 1.82) is 0 Å². The van der Waals surface area contributed by atoms with E-state index < -0.39 is 0 Å². The van der Waals surface area contributed by atoms with Crippen LogP contribution in [0, 0.1) is 0 Å². The molecule has 0 unspecified atom stereocenters. The van der Waals surface area contributed by atoms with E-state index in [4.69, 9.17) is 5.73 Å². The van der Waals surface area contributed by atoms with E-state index in [1.807, 2.05) is 36.3 Å². The van der Waals surface area contributed by atoms with E-state index in [2.05, 4.69) is 25.9 Å². The second kappa shape index (κ2) is 5.50. The summed E-state index contributed by atoms with van der Waals surface area (Å²) in [5.74, 6) is 0.572. The van der Waals surface area contributed by atoms with E-state index in [0.29, 0.717) is 5.82 Å². The number of nitrogens with two attached hydrogens (primary N) is 1. The Bertz CT molecular complexity index is 553. The molecular weight excluding hydrogens is 252 g/mol. The third-order valence-electron chi connectivity index (χ3n) is 3.66. The van der Waals surface area contributed by atoms with Gasteiger partial charge < -0.3 is 10.6 Å². The molecule has 2 N–H and O–H groups in total. The summed E-state index contributed by atoms with van der Waals surface area (Å²) in [5, 5.41) is 4.43. The largest absolute Gasteiger partial charge is 0.384 e. The first-order valence-corrected chi connectivity index (χ1v) is 6.88. The van der Waals surface area contributed by atoms with E-state index in [1.165, 1.54) is 0 Å². The molecule has 1 saturated heterocycles. The number of piperazine rings is 1. The van der Waals surface area contributed by atoms with Crippen LogP contribution in [0.4, 0.5) is 11.5 Å². The number of aryl methyl sites for hydroxylation is 1. The van der Waals surface area contributed by atoms with Crippen molar-refractivity contribution in [3.8, 4) is 0 Å². The van der Waals surface area contributed by atoms with Crippen molar-refractivity contribution in [3.63, 3.8) is 0 Å². The van der Waals surface area contributed by atoms with Crippen molar-refractivity contribution in [2.45, 2.75) is 6.54 Å². The zero-order valence-corrected chi connectivity index (χ0v) is 11.7. The van der Waals surface area contributed by atoms with E-state index in [0.717, 1.165) is 44.1 Å². The van der Waals surface area contributed by atoms with Crippen LogP contribution in [-0.4, -0.2) is 45.8 Å². The summed E-state index contributed by atoms with van der Waals surface area (Å²) in [6.07, 6.45) is 3.84. The van der Waals surface area contributed by atoms with Gasteiger partial charge in [-0.25, -0.2) is 4.98 Å². The van der Waals surface area contributed by atoms with Gasteiger partial charge >= 0.3 is 0 Å². The number of rotatable bonds is 3. The molecule has 3 heterocycles. The van der Waals surface area contributed by atoms with E-state index >= 15 is 0 Å². The first-order chi connectivity index (χ1) is 9.70. The normalized spacial score (nSPS) is 16.6. The Morgan fingerprint density at radius 2 is 1.95 bits per heavy atom. The maximum Gasteiger partial charge on any atom is 0.123 e. The molecule has 1 aliphatic rings. The minimum atomic E-state index is 0.572. The SMILES string of the molecule is Cn1ccc(CN2CCN(c3ccc(N)nc3)CC2)n1. The molecule has 2 aromatic heterocycles. The predicted octanol–water partition coefficient (Wildman–Crippen LogP) is 0.719. The van der Waals surface area contributed by atoms with E-state index in [9.17, 15) is 0 Å². The number of nitrogen functional groups attached to an aromatic ring is 1. The van der Waals surface area contributed by atoms with Gasteiger partial charge in [-0.2, -0.15) is 5.10 Å². The Morgan fingerprint density at radius 1 is 1.15 bits per heavy atom. The summed E-state index contributed by atoms with van der Waals surface area (Å²) in [4.78, 5) is 8.94. The fourth-order valence-electron chi connectivity index (χ4n) is 2.53. The van der Waals surface area contributed by atoms with Gasteiger partial charge in [0.1, 0.15) is 5.82 Å². The number of anilines is 2. The molecular formula is C14H20N6. The highest BCUT2D eigenvalue weighted by Gasteiger charge is 2.18. The van der Waals surface area contributed by atoms with Crippen molar-refractivity contribution < 1.29 is 0 Å². The molecule has 0 radical (unpaired) electrons. The molecule has 0 spiro atoms. The minimum absolute atomic E-state index is 0.572. The van der Waals surface area contributed by atoms with Crippen molar-refractivity contribution in [1.82, 2.24) is 19.7 Å². The van der Waals surface area contributed by atoms with E-state index in [1.54, 1.807) is 0 Å². The van der Waals surface area contributed by atoms with Gasteiger partial charge in [0.05, 0.1) is 17.6 Å². The lowest BCUT2D eigenvalue weighted by Crippen LogP contribution is -2.46. The van der Waals surface area contributed by atoms with Crippen LogP contribution in [0.15, 0.2) is 30.6 Å². The molecule has 0 atom stereocenters. The third kappa shape index (κ3) is 2.91. The fourth-order valence-corrected chi connectivity index (χ4v) is 2.53. The second-order valence-electron chi connectivity index (χ2n) is 5.19. The Balaban J connectivity index is 1.55. The first-order valence-electron chi connectivity index (χ1n) is 6.88. The van der Waals surface area contributed by atoms with E-state index in [-0.39, 0.29) is 0 Å². The molecule has 0 aromatic carbocycles. The quantitative estimate of drug-likeness (QED) is 0.892. The molecule has 3 rings (SSSR count). The lowest BCUT2D eigenvalue weighted by atomic mass is 10.2. The minimum Gasteiger partial charge on any atom is -0.384 e. The van der Waals surface area contributed by atoms with Crippen molar-refractivity contribution in [3.05, 3.63) is 36.3 Å². The first kappa shape index (κ1) is 12.9. The van der Waals surface area contributed by atoms with Gasteiger partial charge in [0.15, 0.2) is 0 Å². The van der Waals surface area contributed by atoms with Crippen molar-refractivity contribution in [2.75, 3.05) is 36.8 Å². The predicted molar refractivity (Wildman–Crippen MR) is 79.3 cm³/mol. The van der Waals surface area contributed by atoms with Gasteiger partial charge in [0.25, 0.3) is 0 Å². The summed E-state index contributed by atoms with van der Waals surface area (Å²) < 4.78 is 1.85. The number of pyridine rings is 1. The number of hydrogen-bond acceptors (Lipinski definition) is 5. The number of hydrogen-bond donors (Lipinski definition) is 1. The van der Waals surface area contributed by atoms with Gasteiger partial charge in [0.2, 0.25) is 0 Å². The molecule has 6 nitrogen and oxygen atoms in total. The lowest BCUT2D eigenvalue weighted by molar-refractivity contribution is 0.246. The molecule has 6 heteroatoms. The van der Waals surface area contributed by atoms with Crippen LogP contribution in [-0.2, 0) is 13.6 Å². The maximum atomic E-state index is 5.62. The molecule has 106 valence electrons. The Morgan fingerprint density at radius 3 is 2.55 bits per heavy atom. The molecule has 20 heavy (non-hydrogen) atoms. The van der Waals surface area contributed by atoms with Crippen LogP contribution in [0.5, 0.6) is 0 Å². The van der Waals surface area contributed by atoms with Gasteiger partial charge in [-0.3, -0.25) is 9.58 Å². The van der Waals surface area contributed by atoms with Gasteiger partial charge in [-0.1, -0.05) is 0 Å². The molecule has 0 saturated carbocycles. The topological polar surface area (TPSA) is 63.2 Å². The van der Waals surface area contributed by atoms with Crippen LogP contribution >= 0.6 is 0 Å². The number of aromatic nitrogens is 3. The average Bonchev–Trinajstić information content (AvgIpc) is 2.86. The average molecular weight is 272 g/mol. The smallest absolute Gasteiger partial charge is 0.123 e. The summed E-state index contributed by atoms with van der Waals surface area (Å²) in [6, 6.07) is 5.97. The van der Waals surface area contributed by atoms with Crippen LogP contribution in [0.2, 0.25) is 0 Å². The molecule has 1 aliphatic heterocycles. The summed E-state index contributed by atoms with van der Waals surface area (Å²) >= 11 is 0. The second-order valence-corrected chi connectivity index (χ2v) is 5.19. The zero-order chi connectivity index (χ0) is 13.9. The fraction of sp³-hybridized carbons (Fsp3) is 0.429.